The lowest BCUT2D eigenvalue weighted by Crippen LogP contribution is -2.12. The second-order valence-electron chi connectivity index (χ2n) is 5.42. The SMILES string of the molecule is OC(c1ccc2oc3ccccc3c2c1)C1CCOC1. The maximum atomic E-state index is 10.5. The molecule has 3 heteroatoms. The van der Waals surface area contributed by atoms with Gasteiger partial charge >= 0.3 is 0 Å². The van der Waals surface area contributed by atoms with Crippen molar-refractivity contribution in [2.75, 3.05) is 13.2 Å². The molecule has 4 rings (SSSR count). The Hall–Kier alpha value is -1.84. The number of aliphatic hydroxyl groups is 1. The van der Waals surface area contributed by atoms with E-state index in [-0.39, 0.29) is 5.92 Å². The number of aliphatic hydroxyl groups excluding tert-OH is 1. The molecule has 0 saturated carbocycles. The Kier molecular flexibility index (Phi) is 2.76. The summed E-state index contributed by atoms with van der Waals surface area (Å²) in [7, 11) is 0. The fraction of sp³-hybridized carbons (Fsp3) is 0.294. The molecule has 20 heavy (non-hydrogen) atoms. The Morgan fingerprint density at radius 3 is 2.75 bits per heavy atom. The topological polar surface area (TPSA) is 42.6 Å². The van der Waals surface area contributed by atoms with E-state index in [2.05, 4.69) is 6.07 Å². The van der Waals surface area contributed by atoms with Gasteiger partial charge in [0.2, 0.25) is 0 Å². The molecular formula is C17H16O3. The molecule has 0 amide bonds. The third kappa shape index (κ3) is 1.82. The first-order chi connectivity index (χ1) is 9.83. The quantitative estimate of drug-likeness (QED) is 0.771. The summed E-state index contributed by atoms with van der Waals surface area (Å²) in [4.78, 5) is 0. The standard InChI is InChI=1S/C17H16O3/c18-17(12-7-8-19-10-12)11-5-6-16-14(9-11)13-3-1-2-4-15(13)20-16/h1-6,9,12,17-18H,7-8,10H2. The summed E-state index contributed by atoms with van der Waals surface area (Å²) in [6.45, 7) is 1.39. The van der Waals surface area contributed by atoms with Crippen LogP contribution in [0.3, 0.4) is 0 Å². The molecule has 2 aromatic carbocycles. The monoisotopic (exact) mass is 268 g/mol. The number of ether oxygens (including phenoxy) is 1. The summed E-state index contributed by atoms with van der Waals surface area (Å²) in [6, 6.07) is 13.9. The van der Waals surface area contributed by atoms with Crippen molar-refractivity contribution in [2.45, 2.75) is 12.5 Å². The van der Waals surface area contributed by atoms with E-state index in [1.807, 2.05) is 36.4 Å². The van der Waals surface area contributed by atoms with E-state index in [9.17, 15) is 5.11 Å². The van der Waals surface area contributed by atoms with Crippen molar-refractivity contribution in [1.82, 2.24) is 0 Å². The smallest absolute Gasteiger partial charge is 0.135 e. The van der Waals surface area contributed by atoms with E-state index in [1.54, 1.807) is 0 Å². The molecule has 1 N–H and O–H groups in total. The van der Waals surface area contributed by atoms with Gasteiger partial charge in [0.25, 0.3) is 0 Å². The molecule has 3 aromatic rings. The Labute approximate surface area is 116 Å². The molecule has 102 valence electrons. The van der Waals surface area contributed by atoms with Crippen molar-refractivity contribution >= 4 is 21.9 Å². The summed E-state index contributed by atoms with van der Waals surface area (Å²) in [5, 5.41) is 12.6. The van der Waals surface area contributed by atoms with Gasteiger partial charge in [0.05, 0.1) is 12.7 Å². The zero-order chi connectivity index (χ0) is 13.5. The Morgan fingerprint density at radius 2 is 1.90 bits per heavy atom. The van der Waals surface area contributed by atoms with Gasteiger partial charge in [-0.2, -0.15) is 0 Å². The zero-order valence-electron chi connectivity index (χ0n) is 11.1. The van der Waals surface area contributed by atoms with Gasteiger partial charge in [-0.05, 0) is 30.2 Å². The third-order valence-electron chi connectivity index (χ3n) is 4.15. The maximum Gasteiger partial charge on any atom is 0.135 e. The van der Waals surface area contributed by atoms with Crippen molar-refractivity contribution in [1.29, 1.82) is 0 Å². The molecule has 0 bridgehead atoms. The van der Waals surface area contributed by atoms with Gasteiger partial charge in [-0.15, -0.1) is 0 Å². The van der Waals surface area contributed by atoms with Crippen LogP contribution in [0.15, 0.2) is 46.9 Å². The van der Waals surface area contributed by atoms with E-state index >= 15 is 0 Å². The highest BCUT2D eigenvalue weighted by atomic mass is 16.5. The van der Waals surface area contributed by atoms with Crippen molar-refractivity contribution in [2.24, 2.45) is 5.92 Å². The second kappa shape index (κ2) is 4.62. The minimum absolute atomic E-state index is 0.200. The largest absolute Gasteiger partial charge is 0.456 e. The van der Waals surface area contributed by atoms with Crippen molar-refractivity contribution < 1.29 is 14.3 Å². The van der Waals surface area contributed by atoms with Crippen molar-refractivity contribution in [3.8, 4) is 0 Å². The molecule has 0 aliphatic carbocycles. The van der Waals surface area contributed by atoms with Crippen LogP contribution in [0.4, 0.5) is 0 Å². The van der Waals surface area contributed by atoms with Gasteiger partial charge in [0, 0.05) is 23.3 Å². The number of furan rings is 1. The van der Waals surface area contributed by atoms with Crippen LogP contribution in [0.2, 0.25) is 0 Å². The summed E-state index contributed by atoms with van der Waals surface area (Å²) in [5.74, 6) is 0.200. The lowest BCUT2D eigenvalue weighted by atomic mass is 9.94. The van der Waals surface area contributed by atoms with E-state index in [0.717, 1.165) is 40.5 Å². The predicted molar refractivity (Wildman–Crippen MR) is 77.6 cm³/mol. The number of hydrogen-bond acceptors (Lipinski definition) is 3. The minimum atomic E-state index is -0.462. The highest BCUT2D eigenvalue weighted by Gasteiger charge is 2.25. The number of rotatable bonds is 2. The van der Waals surface area contributed by atoms with Crippen LogP contribution < -0.4 is 0 Å². The van der Waals surface area contributed by atoms with Crippen LogP contribution in [0.25, 0.3) is 21.9 Å². The van der Waals surface area contributed by atoms with E-state index in [4.69, 9.17) is 9.15 Å². The van der Waals surface area contributed by atoms with Crippen molar-refractivity contribution in [3.05, 3.63) is 48.0 Å². The maximum absolute atomic E-state index is 10.5. The third-order valence-corrected chi connectivity index (χ3v) is 4.15. The molecule has 1 fully saturated rings. The molecular weight excluding hydrogens is 252 g/mol. The van der Waals surface area contributed by atoms with Crippen LogP contribution in [0, 0.1) is 5.92 Å². The van der Waals surface area contributed by atoms with Gasteiger partial charge in [-0.1, -0.05) is 24.3 Å². The number of benzene rings is 2. The first kappa shape index (κ1) is 11.9. The molecule has 1 aromatic heterocycles. The van der Waals surface area contributed by atoms with Gasteiger partial charge < -0.3 is 14.3 Å². The zero-order valence-corrected chi connectivity index (χ0v) is 11.1. The summed E-state index contributed by atoms with van der Waals surface area (Å²) >= 11 is 0. The summed E-state index contributed by atoms with van der Waals surface area (Å²) < 4.78 is 11.2. The summed E-state index contributed by atoms with van der Waals surface area (Å²) in [6.07, 6.45) is 0.460. The lowest BCUT2D eigenvalue weighted by Gasteiger charge is -2.16. The molecule has 0 radical (unpaired) electrons. The molecule has 1 aliphatic rings. The second-order valence-corrected chi connectivity index (χ2v) is 5.42. The minimum Gasteiger partial charge on any atom is -0.456 e. The molecule has 1 saturated heterocycles. The number of para-hydroxylation sites is 1. The van der Waals surface area contributed by atoms with Crippen LogP contribution in [-0.2, 0) is 4.74 Å². The highest BCUT2D eigenvalue weighted by molar-refractivity contribution is 6.04. The van der Waals surface area contributed by atoms with E-state index in [1.165, 1.54) is 0 Å². The molecule has 2 atom stereocenters. The van der Waals surface area contributed by atoms with Gasteiger partial charge in [0.15, 0.2) is 0 Å². The predicted octanol–water partition coefficient (Wildman–Crippen LogP) is 3.66. The molecule has 2 heterocycles. The first-order valence-corrected chi connectivity index (χ1v) is 7.00. The number of fused-ring (bicyclic) bond motifs is 3. The Bertz CT molecular complexity index is 753. The fourth-order valence-electron chi connectivity index (χ4n) is 3.00. The van der Waals surface area contributed by atoms with Crippen molar-refractivity contribution in [3.63, 3.8) is 0 Å². The molecule has 0 spiro atoms. The van der Waals surface area contributed by atoms with Gasteiger partial charge in [-0.3, -0.25) is 0 Å². The Morgan fingerprint density at radius 1 is 1.05 bits per heavy atom. The summed E-state index contributed by atoms with van der Waals surface area (Å²) in [5.41, 5.74) is 2.70. The van der Waals surface area contributed by atoms with Crippen LogP contribution in [0.1, 0.15) is 18.1 Å². The van der Waals surface area contributed by atoms with E-state index in [0.29, 0.717) is 6.61 Å². The fourth-order valence-corrected chi connectivity index (χ4v) is 3.00. The molecule has 2 unspecified atom stereocenters. The average molecular weight is 268 g/mol. The first-order valence-electron chi connectivity index (χ1n) is 7.00. The van der Waals surface area contributed by atoms with Crippen LogP contribution in [0.5, 0.6) is 0 Å². The average Bonchev–Trinajstić information content (AvgIpc) is 3.13. The lowest BCUT2D eigenvalue weighted by molar-refractivity contribution is 0.0919. The highest BCUT2D eigenvalue weighted by Crippen LogP contribution is 2.34. The number of hydrogen-bond donors (Lipinski definition) is 1. The molecule has 1 aliphatic heterocycles. The Balaban J connectivity index is 1.82. The van der Waals surface area contributed by atoms with Gasteiger partial charge in [-0.25, -0.2) is 0 Å². The van der Waals surface area contributed by atoms with Crippen LogP contribution >= 0.6 is 0 Å². The normalized spacial score (nSPS) is 20.8. The molecule has 3 nitrogen and oxygen atoms in total. The van der Waals surface area contributed by atoms with E-state index < -0.39 is 6.10 Å². The van der Waals surface area contributed by atoms with Gasteiger partial charge in [0.1, 0.15) is 11.2 Å². The van der Waals surface area contributed by atoms with Crippen LogP contribution in [-0.4, -0.2) is 18.3 Å².